The second-order valence-electron chi connectivity index (χ2n) is 2.46. The molecule has 0 spiro atoms. The Balaban J connectivity index is 2.96. The summed E-state index contributed by atoms with van der Waals surface area (Å²) in [7, 11) is 0. The maximum atomic E-state index is 9.43. The first kappa shape index (κ1) is 7.89. The van der Waals surface area contributed by atoms with E-state index in [0.29, 0.717) is 5.69 Å². The van der Waals surface area contributed by atoms with Crippen molar-refractivity contribution in [3.63, 3.8) is 0 Å². The summed E-state index contributed by atoms with van der Waals surface area (Å²) in [6.07, 6.45) is 0. The van der Waals surface area contributed by atoms with E-state index < -0.39 is 0 Å². The lowest BCUT2D eigenvalue weighted by Crippen LogP contribution is -1.86. The molecule has 0 unspecified atom stereocenters. The van der Waals surface area contributed by atoms with E-state index in [-0.39, 0.29) is 5.75 Å². The van der Waals surface area contributed by atoms with Gasteiger partial charge in [-0.15, -0.1) is 11.3 Å². The van der Waals surface area contributed by atoms with Gasteiger partial charge in [-0.05, 0) is 28.1 Å². The first-order valence-corrected chi connectivity index (χ1v) is 5.01. The quantitative estimate of drug-likeness (QED) is 0.700. The fourth-order valence-electron chi connectivity index (χ4n) is 1.11. The Morgan fingerprint density at radius 2 is 2.17 bits per heavy atom. The lowest BCUT2D eigenvalue weighted by molar-refractivity contribution is 0.484. The van der Waals surface area contributed by atoms with Crippen molar-refractivity contribution in [1.29, 1.82) is 0 Å². The minimum Gasteiger partial charge on any atom is -0.506 e. The summed E-state index contributed by atoms with van der Waals surface area (Å²) in [5.74, 6) is 0.258. The number of hydrogen-bond acceptors (Lipinski definition) is 3. The summed E-state index contributed by atoms with van der Waals surface area (Å²) in [6.45, 7) is 0. The smallest absolute Gasteiger partial charge is 0.136 e. The number of nitrogen functional groups attached to an aromatic ring is 1. The zero-order valence-electron chi connectivity index (χ0n) is 6.04. The van der Waals surface area contributed by atoms with E-state index in [1.165, 1.54) is 11.3 Å². The van der Waals surface area contributed by atoms with E-state index in [1.807, 2.05) is 12.1 Å². The Morgan fingerprint density at radius 1 is 1.42 bits per heavy atom. The van der Waals surface area contributed by atoms with Crippen LogP contribution in [-0.4, -0.2) is 5.11 Å². The summed E-state index contributed by atoms with van der Waals surface area (Å²) in [6, 6.07) is 3.81. The van der Waals surface area contributed by atoms with Crippen LogP contribution in [0.2, 0.25) is 0 Å². The normalized spacial score (nSPS) is 10.8. The summed E-state index contributed by atoms with van der Waals surface area (Å²) in [5, 5.41) is 11.9. The van der Waals surface area contributed by atoms with E-state index in [1.54, 1.807) is 5.38 Å². The third kappa shape index (κ3) is 0.990. The van der Waals surface area contributed by atoms with E-state index >= 15 is 0 Å². The molecular formula is C8H6BrNOS. The number of nitrogens with two attached hydrogens (primary N) is 1. The second-order valence-corrected chi connectivity index (χ2v) is 4.22. The van der Waals surface area contributed by atoms with Crippen LogP contribution in [-0.2, 0) is 0 Å². The highest BCUT2D eigenvalue weighted by atomic mass is 79.9. The second kappa shape index (κ2) is 2.64. The van der Waals surface area contributed by atoms with Crippen LogP contribution in [0.15, 0.2) is 22.0 Å². The summed E-state index contributed by atoms with van der Waals surface area (Å²) < 4.78 is 1.83. The lowest BCUT2D eigenvalue weighted by Gasteiger charge is -1.99. The van der Waals surface area contributed by atoms with Crippen LogP contribution in [0.1, 0.15) is 0 Å². The van der Waals surface area contributed by atoms with Crippen molar-refractivity contribution in [1.82, 2.24) is 0 Å². The van der Waals surface area contributed by atoms with Crippen molar-refractivity contribution in [2.75, 3.05) is 5.73 Å². The van der Waals surface area contributed by atoms with Crippen LogP contribution < -0.4 is 5.73 Å². The maximum absolute atomic E-state index is 9.43. The molecule has 0 bridgehead atoms. The molecule has 2 rings (SSSR count). The van der Waals surface area contributed by atoms with Crippen LogP contribution in [0.25, 0.3) is 10.1 Å². The van der Waals surface area contributed by atoms with Gasteiger partial charge in [-0.3, -0.25) is 0 Å². The van der Waals surface area contributed by atoms with Gasteiger partial charge in [0.15, 0.2) is 0 Å². The fourth-order valence-corrected chi connectivity index (χ4v) is 2.28. The Bertz CT molecular complexity index is 438. The van der Waals surface area contributed by atoms with Gasteiger partial charge in [-0.2, -0.15) is 0 Å². The Kier molecular flexibility index (Phi) is 1.73. The molecule has 4 heteroatoms. The molecule has 3 N–H and O–H groups in total. The van der Waals surface area contributed by atoms with Gasteiger partial charge >= 0.3 is 0 Å². The molecule has 62 valence electrons. The number of rotatable bonds is 0. The molecule has 1 aromatic heterocycles. The molecular weight excluding hydrogens is 238 g/mol. The molecule has 2 aromatic rings. The van der Waals surface area contributed by atoms with Crippen LogP contribution >= 0.6 is 27.3 Å². The molecule has 0 saturated carbocycles. The Labute approximate surface area is 81.8 Å². The summed E-state index contributed by atoms with van der Waals surface area (Å²) >= 11 is 4.79. The van der Waals surface area contributed by atoms with Crippen molar-refractivity contribution in [3.8, 4) is 5.75 Å². The molecule has 2 nitrogen and oxygen atoms in total. The standard InChI is InChI=1S/C8H6BrNOS/c9-4-1-2-6-7(8(4)10)5(11)3-12-6/h1-3,11H,10H2. The highest BCUT2D eigenvalue weighted by Gasteiger charge is 2.07. The highest BCUT2D eigenvalue weighted by molar-refractivity contribution is 9.10. The summed E-state index contributed by atoms with van der Waals surface area (Å²) in [5.41, 5.74) is 6.37. The largest absolute Gasteiger partial charge is 0.506 e. The zero-order chi connectivity index (χ0) is 8.72. The Morgan fingerprint density at radius 3 is 2.92 bits per heavy atom. The van der Waals surface area contributed by atoms with E-state index in [4.69, 9.17) is 5.73 Å². The van der Waals surface area contributed by atoms with Crippen molar-refractivity contribution in [3.05, 3.63) is 22.0 Å². The molecule has 12 heavy (non-hydrogen) atoms. The van der Waals surface area contributed by atoms with E-state index in [2.05, 4.69) is 15.9 Å². The number of halogens is 1. The SMILES string of the molecule is Nc1c(Br)ccc2scc(O)c12. The van der Waals surface area contributed by atoms with Crippen molar-refractivity contribution in [2.24, 2.45) is 0 Å². The highest BCUT2D eigenvalue weighted by Crippen LogP contribution is 2.38. The number of hydrogen-bond donors (Lipinski definition) is 2. The predicted octanol–water partition coefficient (Wildman–Crippen LogP) is 2.95. The fraction of sp³-hybridized carbons (Fsp3) is 0. The van der Waals surface area contributed by atoms with Crippen LogP contribution in [0.3, 0.4) is 0 Å². The minimum atomic E-state index is 0.258. The predicted molar refractivity (Wildman–Crippen MR) is 55.6 cm³/mol. The molecule has 0 saturated heterocycles. The van der Waals surface area contributed by atoms with Crippen LogP contribution in [0, 0.1) is 0 Å². The average molecular weight is 244 g/mol. The Hall–Kier alpha value is -0.740. The van der Waals surface area contributed by atoms with Crippen LogP contribution in [0.5, 0.6) is 5.75 Å². The van der Waals surface area contributed by atoms with E-state index in [0.717, 1.165) is 14.6 Å². The number of anilines is 1. The van der Waals surface area contributed by atoms with Gasteiger partial charge in [0.25, 0.3) is 0 Å². The molecule has 1 aromatic carbocycles. The maximum Gasteiger partial charge on any atom is 0.136 e. The number of aromatic hydroxyl groups is 1. The molecule has 0 aliphatic heterocycles. The van der Waals surface area contributed by atoms with Gasteiger partial charge in [0, 0.05) is 14.6 Å². The minimum absolute atomic E-state index is 0.258. The van der Waals surface area contributed by atoms with Crippen LogP contribution in [0.4, 0.5) is 5.69 Å². The van der Waals surface area contributed by atoms with E-state index in [9.17, 15) is 5.11 Å². The van der Waals surface area contributed by atoms with Gasteiger partial charge in [0.2, 0.25) is 0 Å². The first-order chi connectivity index (χ1) is 5.70. The average Bonchev–Trinajstić information content (AvgIpc) is 2.41. The molecule has 0 atom stereocenters. The first-order valence-electron chi connectivity index (χ1n) is 3.34. The number of benzene rings is 1. The topological polar surface area (TPSA) is 46.2 Å². The van der Waals surface area contributed by atoms with Crippen molar-refractivity contribution in [2.45, 2.75) is 0 Å². The molecule has 0 fully saturated rings. The zero-order valence-corrected chi connectivity index (χ0v) is 8.45. The summed E-state index contributed by atoms with van der Waals surface area (Å²) in [4.78, 5) is 0. The molecule has 0 aliphatic carbocycles. The molecule has 1 heterocycles. The molecule has 0 radical (unpaired) electrons. The van der Waals surface area contributed by atoms with Gasteiger partial charge in [0.1, 0.15) is 5.75 Å². The van der Waals surface area contributed by atoms with Crippen molar-refractivity contribution >= 4 is 43.0 Å². The van der Waals surface area contributed by atoms with Gasteiger partial charge in [-0.1, -0.05) is 0 Å². The lowest BCUT2D eigenvalue weighted by atomic mass is 10.2. The third-order valence-corrected chi connectivity index (χ3v) is 3.33. The number of fused-ring (bicyclic) bond motifs is 1. The van der Waals surface area contributed by atoms with Gasteiger partial charge < -0.3 is 10.8 Å². The number of thiophene rings is 1. The monoisotopic (exact) mass is 243 g/mol. The van der Waals surface area contributed by atoms with Crippen molar-refractivity contribution < 1.29 is 5.11 Å². The van der Waals surface area contributed by atoms with Gasteiger partial charge in [0.05, 0.1) is 11.1 Å². The van der Waals surface area contributed by atoms with Gasteiger partial charge in [-0.25, -0.2) is 0 Å². The third-order valence-electron chi connectivity index (χ3n) is 1.71. The molecule has 0 amide bonds. The molecule has 0 aliphatic rings.